The lowest BCUT2D eigenvalue weighted by Gasteiger charge is -2.32. The Kier molecular flexibility index (Phi) is 7.11. The molecular weight excluding hydrogens is 355 g/mol. The molecule has 7 heteroatoms. The third kappa shape index (κ3) is 4.87. The maximum Gasteiger partial charge on any atom is 0.193 e. The van der Waals surface area contributed by atoms with E-state index in [2.05, 4.69) is 22.0 Å². The van der Waals surface area contributed by atoms with Crippen LogP contribution < -0.4 is 5.32 Å². The number of rotatable bonds is 5. The molecule has 0 saturated carbocycles. The Morgan fingerprint density at radius 1 is 1.35 bits per heavy atom. The van der Waals surface area contributed by atoms with Gasteiger partial charge in [-0.25, -0.2) is 4.39 Å². The van der Waals surface area contributed by atoms with E-state index in [0.717, 1.165) is 58.3 Å². The fourth-order valence-corrected chi connectivity index (χ4v) is 3.90. The van der Waals surface area contributed by atoms with E-state index in [1.807, 2.05) is 0 Å². The first kappa shape index (κ1) is 19.4. The fraction of sp³-hybridized carbons (Fsp3) is 0.632. The molecule has 1 atom stereocenters. The smallest absolute Gasteiger partial charge is 0.193 e. The van der Waals surface area contributed by atoms with Crippen LogP contribution in [0.5, 0.6) is 0 Å². The Balaban J connectivity index is 1.59. The summed E-state index contributed by atoms with van der Waals surface area (Å²) in [5, 5.41) is 3.84. The van der Waals surface area contributed by atoms with Gasteiger partial charge >= 0.3 is 0 Å². The monoisotopic (exact) mass is 382 g/mol. The van der Waals surface area contributed by atoms with E-state index in [1.54, 1.807) is 12.1 Å². The van der Waals surface area contributed by atoms with Gasteiger partial charge in [-0.2, -0.15) is 0 Å². The lowest BCUT2D eigenvalue weighted by atomic mass is 10.1. The van der Waals surface area contributed by atoms with Crippen molar-refractivity contribution in [3.05, 3.63) is 34.6 Å². The average molecular weight is 383 g/mol. The number of aliphatic imine (C=N–C) groups is 1. The number of nitrogens with zero attached hydrogens (tertiary/aromatic N) is 3. The highest BCUT2D eigenvalue weighted by Crippen LogP contribution is 2.20. The molecule has 26 heavy (non-hydrogen) atoms. The average Bonchev–Trinajstić information content (AvgIpc) is 3.14. The van der Waals surface area contributed by atoms with Crippen LogP contribution in [0.15, 0.2) is 23.2 Å². The zero-order chi connectivity index (χ0) is 18.4. The number of hydrogen-bond acceptors (Lipinski definition) is 3. The largest absolute Gasteiger partial charge is 0.379 e. The van der Waals surface area contributed by atoms with Gasteiger partial charge in [0.2, 0.25) is 0 Å². The molecule has 0 aromatic heterocycles. The van der Waals surface area contributed by atoms with Crippen LogP contribution in [-0.2, 0) is 11.2 Å². The zero-order valence-electron chi connectivity index (χ0n) is 15.4. The van der Waals surface area contributed by atoms with E-state index < -0.39 is 0 Å². The fourth-order valence-electron chi connectivity index (χ4n) is 3.65. The number of likely N-dealkylation sites (tertiary alicyclic amines) is 1. The third-order valence-corrected chi connectivity index (χ3v) is 5.40. The third-order valence-electron chi connectivity index (χ3n) is 5.04. The molecule has 144 valence electrons. The molecule has 2 heterocycles. The van der Waals surface area contributed by atoms with E-state index in [1.165, 1.54) is 6.07 Å². The van der Waals surface area contributed by atoms with Crippen LogP contribution in [0.1, 0.15) is 18.9 Å². The summed E-state index contributed by atoms with van der Waals surface area (Å²) >= 11 is 6.11. The van der Waals surface area contributed by atoms with Gasteiger partial charge in [-0.15, -0.1) is 0 Å². The van der Waals surface area contributed by atoms with Gasteiger partial charge in [-0.3, -0.25) is 9.89 Å². The summed E-state index contributed by atoms with van der Waals surface area (Å²) in [5.74, 6) is 0.655. The van der Waals surface area contributed by atoms with E-state index in [4.69, 9.17) is 21.3 Å². The van der Waals surface area contributed by atoms with Crippen LogP contribution in [0, 0.1) is 5.82 Å². The van der Waals surface area contributed by atoms with Crippen molar-refractivity contribution >= 4 is 17.6 Å². The van der Waals surface area contributed by atoms with Crippen molar-refractivity contribution in [2.24, 2.45) is 4.99 Å². The van der Waals surface area contributed by atoms with Crippen molar-refractivity contribution in [3.63, 3.8) is 0 Å². The lowest BCUT2D eigenvalue weighted by molar-refractivity contribution is 0.0195. The summed E-state index contributed by atoms with van der Waals surface area (Å²) in [6.45, 7) is 9.05. The normalized spacial score (nSPS) is 22.0. The van der Waals surface area contributed by atoms with Gasteiger partial charge in [-0.05, 0) is 31.9 Å². The number of guanidine groups is 1. The number of benzene rings is 1. The Morgan fingerprint density at radius 3 is 2.88 bits per heavy atom. The first-order chi connectivity index (χ1) is 12.7. The molecule has 0 radical (unpaired) electrons. The molecule has 0 spiro atoms. The Morgan fingerprint density at radius 2 is 2.15 bits per heavy atom. The summed E-state index contributed by atoms with van der Waals surface area (Å²) in [5.41, 5.74) is 0.543. The quantitative estimate of drug-likeness (QED) is 0.627. The summed E-state index contributed by atoms with van der Waals surface area (Å²) in [6, 6.07) is 5.36. The second-order valence-corrected chi connectivity index (χ2v) is 7.13. The van der Waals surface area contributed by atoms with Crippen LogP contribution in [0.3, 0.4) is 0 Å². The molecule has 5 nitrogen and oxygen atoms in total. The molecule has 0 bridgehead atoms. The summed E-state index contributed by atoms with van der Waals surface area (Å²) < 4.78 is 19.4. The summed E-state index contributed by atoms with van der Waals surface area (Å²) in [6.07, 6.45) is 1.64. The Bertz CT molecular complexity index is 601. The van der Waals surface area contributed by atoms with Crippen molar-refractivity contribution in [2.75, 3.05) is 52.5 Å². The summed E-state index contributed by atoms with van der Waals surface area (Å²) in [4.78, 5) is 9.55. The molecule has 2 saturated heterocycles. The van der Waals surface area contributed by atoms with Crippen molar-refractivity contribution in [1.29, 1.82) is 0 Å². The number of halogens is 2. The van der Waals surface area contributed by atoms with Gasteiger partial charge in [0, 0.05) is 55.9 Å². The highest BCUT2D eigenvalue weighted by molar-refractivity contribution is 6.31. The van der Waals surface area contributed by atoms with Crippen molar-refractivity contribution < 1.29 is 9.13 Å². The van der Waals surface area contributed by atoms with E-state index in [0.29, 0.717) is 29.6 Å². The number of hydrogen-bond donors (Lipinski definition) is 1. The molecule has 1 unspecified atom stereocenters. The van der Waals surface area contributed by atoms with Gasteiger partial charge < -0.3 is 15.0 Å². The lowest BCUT2D eigenvalue weighted by Crippen LogP contribution is -2.46. The Hall–Kier alpha value is -1.37. The molecule has 1 aromatic carbocycles. The molecular formula is C19H28ClFN4O. The van der Waals surface area contributed by atoms with Gasteiger partial charge in [0.15, 0.2) is 5.96 Å². The topological polar surface area (TPSA) is 40.1 Å². The van der Waals surface area contributed by atoms with E-state index in [-0.39, 0.29) is 5.82 Å². The first-order valence-corrected chi connectivity index (χ1v) is 9.84. The van der Waals surface area contributed by atoms with Crippen LogP contribution in [0.2, 0.25) is 5.02 Å². The van der Waals surface area contributed by atoms with Gasteiger partial charge in [0.25, 0.3) is 0 Å². The number of nitrogens with one attached hydrogen (secondary N) is 1. The molecule has 2 aliphatic heterocycles. The number of morpholine rings is 1. The molecule has 1 N–H and O–H groups in total. The van der Waals surface area contributed by atoms with Gasteiger partial charge in [0.05, 0.1) is 13.2 Å². The molecule has 1 aromatic rings. The standard InChI is InChI=1S/C19H28ClFN4O/c1-2-22-19(23-8-6-16-17(20)4-3-5-18(16)21)25-9-7-15(14-25)24-10-12-26-13-11-24/h3-5,15H,2,6-14H2,1H3,(H,22,23). The SMILES string of the molecule is CCNC(=NCCc1c(F)cccc1Cl)N1CCC(N2CCOCC2)C1. The van der Waals surface area contributed by atoms with Crippen LogP contribution >= 0.6 is 11.6 Å². The summed E-state index contributed by atoms with van der Waals surface area (Å²) in [7, 11) is 0. The number of ether oxygens (including phenoxy) is 1. The van der Waals surface area contributed by atoms with Gasteiger partial charge in [-0.1, -0.05) is 17.7 Å². The Labute approximate surface area is 160 Å². The van der Waals surface area contributed by atoms with Crippen molar-refractivity contribution in [1.82, 2.24) is 15.1 Å². The van der Waals surface area contributed by atoms with Crippen LogP contribution in [0.4, 0.5) is 4.39 Å². The maximum absolute atomic E-state index is 13.9. The minimum atomic E-state index is -0.258. The van der Waals surface area contributed by atoms with Crippen molar-refractivity contribution in [3.8, 4) is 0 Å². The van der Waals surface area contributed by atoms with E-state index >= 15 is 0 Å². The minimum Gasteiger partial charge on any atom is -0.379 e. The second-order valence-electron chi connectivity index (χ2n) is 6.72. The molecule has 2 aliphatic rings. The molecule has 3 rings (SSSR count). The second kappa shape index (κ2) is 9.53. The highest BCUT2D eigenvalue weighted by Gasteiger charge is 2.30. The van der Waals surface area contributed by atoms with E-state index in [9.17, 15) is 4.39 Å². The van der Waals surface area contributed by atoms with Crippen LogP contribution in [0.25, 0.3) is 0 Å². The first-order valence-electron chi connectivity index (χ1n) is 9.47. The molecule has 2 fully saturated rings. The molecule has 0 amide bonds. The zero-order valence-corrected chi connectivity index (χ0v) is 16.1. The molecule has 0 aliphatic carbocycles. The van der Waals surface area contributed by atoms with Crippen molar-refractivity contribution in [2.45, 2.75) is 25.8 Å². The predicted octanol–water partition coefficient (Wildman–Crippen LogP) is 2.39. The maximum atomic E-state index is 13.9. The van der Waals surface area contributed by atoms with Crippen LogP contribution in [-0.4, -0.2) is 74.3 Å². The minimum absolute atomic E-state index is 0.258. The predicted molar refractivity (Wildman–Crippen MR) is 103 cm³/mol. The van der Waals surface area contributed by atoms with Gasteiger partial charge in [0.1, 0.15) is 5.82 Å². The highest BCUT2D eigenvalue weighted by atomic mass is 35.5.